The second kappa shape index (κ2) is 7.20. The summed E-state index contributed by atoms with van der Waals surface area (Å²) in [6, 6.07) is 8.26. The molecule has 2 aromatic rings. The van der Waals surface area contributed by atoms with Crippen LogP contribution in [-0.2, 0) is 22.8 Å². The van der Waals surface area contributed by atoms with Crippen LogP contribution < -0.4 is 4.90 Å². The number of benzene rings is 1. The molecule has 4 rings (SSSR count). The van der Waals surface area contributed by atoms with Crippen molar-refractivity contribution in [2.75, 3.05) is 24.2 Å². The SMILES string of the molecule is CCc1cnc(N2CC[C@H]3[C@@H]2CCN3Cc2ccc(S(C)(=O)=O)cc2)nc1. The standard InChI is InChI=1S/C20H26N4O2S/c1-3-15-12-21-20(22-13-15)24-11-9-18-19(24)8-10-23(18)14-16-4-6-17(7-5-16)27(2,25)26/h4-7,12-13,18-19H,3,8-11,14H2,1-2H3/t18-,19-/m0/s1. The molecule has 2 aliphatic rings. The number of likely N-dealkylation sites (tertiary alicyclic amines) is 1. The van der Waals surface area contributed by atoms with E-state index in [2.05, 4.69) is 26.7 Å². The largest absolute Gasteiger partial charge is 0.336 e. The highest BCUT2D eigenvalue weighted by Crippen LogP contribution is 2.34. The molecule has 1 aromatic heterocycles. The van der Waals surface area contributed by atoms with Gasteiger partial charge in [-0.1, -0.05) is 19.1 Å². The highest BCUT2D eigenvalue weighted by atomic mass is 32.2. The van der Waals surface area contributed by atoms with Gasteiger partial charge in [0.15, 0.2) is 9.84 Å². The summed E-state index contributed by atoms with van der Waals surface area (Å²) in [6.45, 7) is 5.01. The van der Waals surface area contributed by atoms with E-state index in [1.165, 1.54) is 11.8 Å². The molecule has 1 aromatic carbocycles. The Morgan fingerprint density at radius 1 is 1.00 bits per heavy atom. The number of hydrogen-bond donors (Lipinski definition) is 0. The zero-order valence-corrected chi connectivity index (χ0v) is 16.7. The summed E-state index contributed by atoms with van der Waals surface area (Å²) in [5.74, 6) is 0.846. The summed E-state index contributed by atoms with van der Waals surface area (Å²) in [4.78, 5) is 14.4. The van der Waals surface area contributed by atoms with Gasteiger partial charge in [0.1, 0.15) is 0 Å². The molecular weight excluding hydrogens is 360 g/mol. The Balaban J connectivity index is 1.44. The van der Waals surface area contributed by atoms with Crippen LogP contribution in [0, 0.1) is 0 Å². The van der Waals surface area contributed by atoms with Crippen molar-refractivity contribution in [2.24, 2.45) is 0 Å². The first-order valence-corrected chi connectivity index (χ1v) is 11.5. The first-order chi connectivity index (χ1) is 13.0. The molecule has 2 saturated heterocycles. The Morgan fingerprint density at radius 2 is 1.67 bits per heavy atom. The van der Waals surface area contributed by atoms with Gasteiger partial charge in [-0.15, -0.1) is 0 Å². The van der Waals surface area contributed by atoms with Gasteiger partial charge in [-0.05, 0) is 42.5 Å². The summed E-state index contributed by atoms with van der Waals surface area (Å²) in [5, 5.41) is 0. The van der Waals surface area contributed by atoms with Gasteiger partial charge in [-0.2, -0.15) is 0 Å². The molecule has 0 unspecified atom stereocenters. The zero-order valence-electron chi connectivity index (χ0n) is 15.9. The fourth-order valence-electron chi connectivity index (χ4n) is 4.28. The number of aryl methyl sites for hydroxylation is 1. The number of anilines is 1. The van der Waals surface area contributed by atoms with Crippen molar-refractivity contribution in [3.8, 4) is 0 Å². The van der Waals surface area contributed by atoms with E-state index in [0.29, 0.717) is 17.0 Å². The van der Waals surface area contributed by atoms with E-state index in [-0.39, 0.29) is 0 Å². The summed E-state index contributed by atoms with van der Waals surface area (Å²) in [5.41, 5.74) is 2.32. The Kier molecular flexibility index (Phi) is 4.90. The minimum Gasteiger partial charge on any atom is -0.336 e. The maximum absolute atomic E-state index is 11.6. The number of nitrogens with zero attached hydrogens (tertiary/aromatic N) is 4. The summed E-state index contributed by atoms with van der Waals surface area (Å²) in [6.07, 6.45) is 8.31. The van der Waals surface area contributed by atoms with E-state index < -0.39 is 9.84 Å². The first kappa shape index (κ1) is 18.4. The van der Waals surface area contributed by atoms with Crippen LogP contribution in [0.1, 0.15) is 30.9 Å². The normalized spacial score (nSPS) is 23.0. The van der Waals surface area contributed by atoms with Crippen LogP contribution in [-0.4, -0.2) is 54.7 Å². The molecule has 0 radical (unpaired) electrons. The third-order valence-electron chi connectivity index (χ3n) is 5.79. The molecule has 0 N–H and O–H groups in total. The van der Waals surface area contributed by atoms with Gasteiger partial charge in [0.05, 0.1) is 4.90 Å². The van der Waals surface area contributed by atoms with Crippen molar-refractivity contribution in [2.45, 2.75) is 49.7 Å². The van der Waals surface area contributed by atoms with Gasteiger partial charge in [0.25, 0.3) is 0 Å². The van der Waals surface area contributed by atoms with E-state index in [1.54, 1.807) is 12.1 Å². The van der Waals surface area contributed by atoms with Crippen LogP contribution >= 0.6 is 0 Å². The number of hydrogen-bond acceptors (Lipinski definition) is 6. The second-order valence-electron chi connectivity index (χ2n) is 7.54. The highest BCUT2D eigenvalue weighted by Gasteiger charge is 2.43. The average molecular weight is 387 g/mol. The number of aromatic nitrogens is 2. The monoisotopic (exact) mass is 386 g/mol. The topological polar surface area (TPSA) is 66.4 Å². The molecule has 3 heterocycles. The van der Waals surface area contributed by atoms with Crippen LogP contribution in [0.4, 0.5) is 5.95 Å². The molecule has 144 valence electrons. The first-order valence-electron chi connectivity index (χ1n) is 9.56. The lowest BCUT2D eigenvalue weighted by molar-refractivity contribution is 0.246. The van der Waals surface area contributed by atoms with Gasteiger partial charge in [-0.25, -0.2) is 18.4 Å². The lowest BCUT2D eigenvalue weighted by Crippen LogP contribution is -2.37. The minimum absolute atomic E-state index is 0.380. The number of fused-ring (bicyclic) bond motifs is 1. The van der Waals surface area contributed by atoms with E-state index in [4.69, 9.17) is 0 Å². The molecular formula is C20H26N4O2S. The van der Waals surface area contributed by atoms with Gasteiger partial charge in [-0.3, -0.25) is 4.90 Å². The molecule has 2 aliphatic heterocycles. The Morgan fingerprint density at radius 3 is 2.30 bits per heavy atom. The molecule has 0 amide bonds. The maximum atomic E-state index is 11.6. The van der Waals surface area contributed by atoms with Crippen LogP contribution in [0.3, 0.4) is 0 Å². The van der Waals surface area contributed by atoms with E-state index in [9.17, 15) is 8.42 Å². The molecule has 0 saturated carbocycles. The molecule has 0 bridgehead atoms. The molecule has 27 heavy (non-hydrogen) atoms. The fourth-order valence-corrected chi connectivity index (χ4v) is 4.91. The molecule has 2 fully saturated rings. The lowest BCUT2D eigenvalue weighted by Gasteiger charge is -2.25. The van der Waals surface area contributed by atoms with Gasteiger partial charge in [0.2, 0.25) is 5.95 Å². The van der Waals surface area contributed by atoms with Crippen molar-refractivity contribution in [1.82, 2.24) is 14.9 Å². The Bertz CT molecular complexity index is 897. The third kappa shape index (κ3) is 3.71. The van der Waals surface area contributed by atoms with Crippen LogP contribution in [0.5, 0.6) is 0 Å². The van der Waals surface area contributed by atoms with Crippen molar-refractivity contribution >= 4 is 15.8 Å². The predicted octanol–water partition coefficient (Wildman–Crippen LogP) is 2.30. The lowest BCUT2D eigenvalue weighted by atomic mass is 10.1. The predicted molar refractivity (Wildman–Crippen MR) is 106 cm³/mol. The van der Waals surface area contributed by atoms with E-state index in [1.807, 2.05) is 24.5 Å². The molecule has 2 atom stereocenters. The van der Waals surface area contributed by atoms with E-state index in [0.717, 1.165) is 50.4 Å². The van der Waals surface area contributed by atoms with Crippen LogP contribution in [0.2, 0.25) is 0 Å². The Hall–Kier alpha value is -1.99. The maximum Gasteiger partial charge on any atom is 0.225 e. The smallest absolute Gasteiger partial charge is 0.225 e. The van der Waals surface area contributed by atoms with Gasteiger partial charge < -0.3 is 4.90 Å². The summed E-state index contributed by atoms with van der Waals surface area (Å²) in [7, 11) is -3.14. The summed E-state index contributed by atoms with van der Waals surface area (Å²) >= 11 is 0. The van der Waals surface area contributed by atoms with Crippen molar-refractivity contribution in [1.29, 1.82) is 0 Å². The van der Waals surface area contributed by atoms with Crippen LogP contribution in [0.25, 0.3) is 0 Å². The quantitative estimate of drug-likeness (QED) is 0.786. The number of sulfone groups is 1. The van der Waals surface area contributed by atoms with Crippen LogP contribution in [0.15, 0.2) is 41.6 Å². The third-order valence-corrected chi connectivity index (χ3v) is 6.91. The van der Waals surface area contributed by atoms with Gasteiger partial charge in [0, 0.05) is 50.4 Å². The highest BCUT2D eigenvalue weighted by molar-refractivity contribution is 7.90. The number of rotatable bonds is 5. The fraction of sp³-hybridized carbons (Fsp3) is 0.500. The van der Waals surface area contributed by atoms with E-state index >= 15 is 0 Å². The molecule has 0 spiro atoms. The zero-order chi connectivity index (χ0) is 19.0. The van der Waals surface area contributed by atoms with Crippen molar-refractivity contribution in [3.63, 3.8) is 0 Å². The summed E-state index contributed by atoms with van der Waals surface area (Å²) < 4.78 is 23.2. The van der Waals surface area contributed by atoms with Gasteiger partial charge >= 0.3 is 0 Å². The average Bonchev–Trinajstić information content (AvgIpc) is 3.25. The molecule has 6 nitrogen and oxygen atoms in total. The second-order valence-corrected chi connectivity index (χ2v) is 9.55. The minimum atomic E-state index is -3.14. The molecule has 7 heteroatoms. The Labute approximate surface area is 161 Å². The molecule has 0 aliphatic carbocycles. The van der Waals surface area contributed by atoms with Crippen molar-refractivity contribution in [3.05, 3.63) is 47.8 Å². The van der Waals surface area contributed by atoms with Crippen molar-refractivity contribution < 1.29 is 8.42 Å².